The number of carbonyl (C=O) groups excluding carboxylic acids is 2. The van der Waals surface area contributed by atoms with Crippen LogP contribution in [0.1, 0.15) is 29.6 Å². The highest BCUT2D eigenvalue weighted by atomic mass is 32.2. The van der Waals surface area contributed by atoms with E-state index in [1.54, 1.807) is 21.9 Å². The second-order valence-corrected chi connectivity index (χ2v) is 10.1. The van der Waals surface area contributed by atoms with Gasteiger partial charge in [0.05, 0.1) is 4.90 Å². The van der Waals surface area contributed by atoms with Gasteiger partial charge in [-0.2, -0.15) is 4.31 Å². The van der Waals surface area contributed by atoms with Crippen LogP contribution in [0.2, 0.25) is 0 Å². The maximum Gasteiger partial charge on any atom is 0.321 e. The summed E-state index contributed by atoms with van der Waals surface area (Å²) in [6, 6.07) is 11.4. The van der Waals surface area contributed by atoms with Gasteiger partial charge < -0.3 is 15.1 Å². The van der Waals surface area contributed by atoms with E-state index in [0.29, 0.717) is 50.5 Å². The normalized spacial score (nSPS) is 17.6. The number of hydrogen-bond acceptors (Lipinski definition) is 4. The average molecular weight is 475 g/mol. The molecule has 4 rings (SSSR count). The van der Waals surface area contributed by atoms with Crippen molar-refractivity contribution in [3.63, 3.8) is 0 Å². The van der Waals surface area contributed by atoms with Gasteiger partial charge in [0, 0.05) is 50.5 Å². The highest BCUT2D eigenvalue weighted by Crippen LogP contribution is 2.22. The molecule has 0 unspecified atom stereocenters. The number of halogens is 1. The van der Waals surface area contributed by atoms with Gasteiger partial charge in [-0.1, -0.05) is 12.5 Å². The maximum absolute atomic E-state index is 13.0. The second kappa shape index (κ2) is 9.88. The molecule has 0 aromatic heterocycles. The molecule has 2 saturated heterocycles. The number of carbonyl (C=O) groups is 2. The van der Waals surface area contributed by atoms with E-state index < -0.39 is 10.0 Å². The first-order valence-electron chi connectivity index (χ1n) is 11.1. The molecular weight excluding hydrogens is 447 g/mol. The summed E-state index contributed by atoms with van der Waals surface area (Å²) in [5.41, 5.74) is 0.809. The van der Waals surface area contributed by atoms with Gasteiger partial charge in [-0.05, 0) is 55.3 Å². The van der Waals surface area contributed by atoms with Gasteiger partial charge in [-0.15, -0.1) is 0 Å². The first kappa shape index (κ1) is 23.2. The standard InChI is InChI=1S/C23H27FN4O4S/c24-19-7-9-20(10-8-19)25-23(30)27-15-13-26(14-16-27)22(29)18-5-4-6-21(17-18)33(31,32)28-11-2-1-3-12-28/h4-10,17H,1-3,11-16H2,(H,25,30). The Bertz CT molecular complexity index is 1110. The Morgan fingerprint density at radius 3 is 2.12 bits per heavy atom. The molecule has 1 N–H and O–H groups in total. The van der Waals surface area contributed by atoms with Crippen LogP contribution in [0, 0.1) is 5.82 Å². The summed E-state index contributed by atoms with van der Waals surface area (Å²) < 4.78 is 40.4. The quantitative estimate of drug-likeness (QED) is 0.738. The predicted octanol–water partition coefficient (Wildman–Crippen LogP) is 2.99. The Morgan fingerprint density at radius 2 is 1.45 bits per heavy atom. The lowest BCUT2D eigenvalue weighted by atomic mass is 10.2. The fourth-order valence-corrected chi connectivity index (χ4v) is 5.64. The summed E-state index contributed by atoms with van der Waals surface area (Å²) in [4.78, 5) is 28.8. The SMILES string of the molecule is O=C(Nc1ccc(F)cc1)N1CCN(C(=O)c2cccc(S(=O)(=O)N3CCCCC3)c2)CC1. The average Bonchev–Trinajstić information content (AvgIpc) is 2.85. The van der Waals surface area contributed by atoms with E-state index in [0.717, 1.165) is 19.3 Å². The third-order valence-electron chi connectivity index (χ3n) is 5.98. The van der Waals surface area contributed by atoms with Gasteiger partial charge in [0.15, 0.2) is 0 Å². The number of sulfonamides is 1. The molecule has 176 valence electrons. The Labute approximate surface area is 193 Å². The van der Waals surface area contributed by atoms with E-state index in [2.05, 4.69) is 5.32 Å². The monoisotopic (exact) mass is 474 g/mol. The molecule has 2 aromatic carbocycles. The van der Waals surface area contributed by atoms with E-state index in [1.165, 1.54) is 40.7 Å². The summed E-state index contributed by atoms with van der Waals surface area (Å²) in [5.74, 6) is -0.641. The van der Waals surface area contributed by atoms with Gasteiger partial charge in [0.25, 0.3) is 5.91 Å². The van der Waals surface area contributed by atoms with Crippen molar-refractivity contribution in [2.24, 2.45) is 0 Å². The zero-order valence-electron chi connectivity index (χ0n) is 18.2. The van der Waals surface area contributed by atoms with Crippen LogP contribution in [0.15, 0.2) is 53.4 Å². The lowest BCUT2D eigenvalue weighted by Gasteiger charge is -2.34. The largest absolute Gasteiger partial charge is 0.335 e. The van der Waals surface area contributed by atoms with Crippen LogP contribution in [0.5, 0.6) is 0 Å². The van der Waals surface area contributed by atoms with Crippen LogP contribution >= 0.6 is 0 Å². The molecule has 2 aliphatic heterocycles. The van der Waals surface area contributed by atoms with Gasteiger partial charge in [0.2, 0.25) is 10.0 Å². The van der Waals surface area contributed by atoms with Crippen molar-refractivity contribution in [2.45, 2.75) is 24.2 Å². The fourth-order valence-electron chi connectivity index (χ4n) is 4.07. The highest BCUT2D eigenvalue weighted by Gasteiger charge is 2.28. The zero-order chi connectivity index (χ0) is 23.4. The molecule has 0 radical (unpaired) electrons. The van der Waals surface area contributed by atoms with Crippen molar-refractivity contribution >= 4 is 27.6 Å². The summed E-state index contributed by atoms with van der Waals surface area (Å²) >= 11 is 0. The Kier molecular flexibility index (Phi) is 6.94. The van der Waals surface area contributed by atoms with Crippen molar-refractivity contribution in [1.82, 2.24) is 14.1 Å². The number of piperazine rings is 1. The maximum atomic E-state index is 13.0. The van der Waals surface area contributed by atoms with Crippen molar-refractivity contribution in [3.05, 3.63) is 59.9 Å². The molecule has 0 spiro atoms. The molecule has 33 heavy (non-hydrogen) atoms. The molecule has 8 nitrogen and oxygen atoms in total. The highest BCUT2D eigenvalue weighted by molar-refractivity contribution is 7.89. The second-order valence-electron chi connectivity index (χ2n) is 8.21. The number of benzene rings is 2. The van der Waals surface area contributed by atoms with Gasteiger partial charge in [-0.3, -0.25) is 4.79 Å². The van der Waals surface area contributed by atoms with Crippen molar-refractivity contribution < 1.29 is 22.4 Å². The van der Waals surface area contributed by atoms with E-state index in [-0.39, 0.29) is 22.7 Å². The van der Waals surface area contributed by atoms with Crippen LogP contribution < -0.4 is 5.32 Å². The predicted molar refractivity (Wildman–Crippen MR) is 122 cm³/mol. The Morgan fingerprint density at radius 1 is 0.818 bits per heavy atom. The lowest BCUT2D eigenvalue weighted by molar-refractivity contribution is 0.0671. The first-order valence-corrected chi connectivity index (χ1v) is 12.5. The Hall–Kier alpha value is -2.98. The number of amides is 3. The van der Waals surface area contributed by atoms with Crippen molar-refractivity contribution in [2.75, 3.05) is 44.6 Å². The van der Waals surface area contributed by atoms with Crippen LogP contribution in [0.25, 0.3) is 0 Å². The summed E-state index contributed by atoms with van der Waals surface area (Å²) in [6.45, 7) is 2.34. The summed E-state index contributed by atoms with van der Waals surface area (Å²) in [5, 5.41) is 2.72. The number of nitrogens with zero attached hydrogens (tertiary/aromatic N) is 3. The molecule has 0 aliphatic carbocycles. The first-order chi connectivity index (χ1) is 15.8. The number of anilines is 1. The summed E-state index contributed by atoms with van der Waals surface area (Å²) in [6.07, 6.45) is 2.71. The van der Waals surface area contributed by atoms with Crippen LogP contribution in [0.3, 0.4) is 0 Å². The molecule has 3 amide bonds. The minimum atomic E-state index is -3.62. The fraction of sp³-hybridized carbons (Fsp3) is 0.391. The Balaban J connectivity index is 1.37. The van der Waals surface area contributed by atoms with E-state index >= 15 is 0 Å². The van der Waals surface area contributed by atoms with E-state index in [1.807, 2.05) is 0 Å². The van der Waals surface area contributed by atoms with Crippen LogP contribution in [-0.2, 0) is 10.0 Å². The number of hydrogen-bond donors (Lipinski definition) is 1. The van der Waals surface area contributed by atoms with Gasteiger partial charge in [0.1, 0.15) is 5.82 Å². The molecule has 0 atom stereocenters. The van der Waals surface area contributed by atoms with Crippen molar-refractivity contribution in [3.8, 4) is 0 Å². The van der Waals surface area contributed by atoms with E-state index in [4.69, 9.17) is 0 Å². The third-order valence-corrected chi connectivity index (χ3v) is 7.88. The minimum absolute atomic E-state index is 0.132. The van der Waals surface area contributed by atoms with Gasteiger partial charge in [-0.25, -0.2) is 17.6 Å². The molecule has 2 aromatic rings. The minimum Gasteiger partial charge on any atom is -0.335 e. The summed E-state index contributed by atoms with van der Waals surface area (Å²) in [7, 11) is -3.62. The number of nitrogens with one attached hydrogen (secondary N) is 1. The third kappa shape index (κ3) is 5.33. The topological polar surface area (TPSA) is 90.0 Å². The van der Waals surface area contributed by atoms with Crippen molar-refractivity contribution in [1.29, 1.82) is 0 Å². The number of piperidine rings is 1. The molecule has 0 saturated carbocycles. The zero-order valence-corrected chi connectivity index (χ0v) is 19.1. The molecule has 2 aliphatic rings. The van der Waals surface area contributed by atoms with Crippen LogP contribution in [0.4, 0.5) is 14.9 Å². The lowest BCUT2D eigenvalue weighted by Crippen LogP contribution is -2.51. The number of urea groups is 1. The molecule has 2 fully saturated rings. The van der Waals surface area contributed by atoms with Crippen LogP contribution in [-0.4, -0.2) is 73.7 Å². The van der Waals surface area contributed by atoms with E-state index in [9.17, 15) is 22.4 Å². The molecule has 2 heterocycles. The molecule has 0 bridgehead atoms. The molecule has 10 heteroatoms. The smallest absolute Gasteiger partial charge is 0.321 e. The number of rotatable bonds is 4. The molecular formula is C23H27FN4O4S. The van der Waals surface area contributed by atoms with Gasteiger partial charge >= 0.3 is 6.03 Å².